The Bertz CT molecular complexity index is 1570. The van der Waals surface area contributed by atoms with Crippen LogP contribution in [0.1, 0.15) is 47.3 Å². The molecule has 0 spiro atoms. The van der Waals surface area contributed by atoms with Gasteiger partial charge in [-0.3, -0.25) is 9.48 Å². The number of aromatic nitrogens is 4. The molecule has 11 heteroatoms. The first-order valence-electron chi connectivity index (χ1n) is 13.8. The van der Waals surface area contributed by atoms with E-state index < -0.39 is 6.04 Å². The highest BCUT2D eigenvalue weighted by Gasteiger charge is 2.25. The lowest BCUT2D eigenvalue weighted by atomic mass is 10.1. The van der Waals surface area contributed by atoms with E-state index in [9.17, 15) is 9.59 Å². The second kappa shape index (κ2) is 13.0. The van der Waals surface area contributed by atoms with Gasteiger partial charge >= 0.3 is 6.09 Å². The number of amides is 2. The molecule has 1 unspecified atom stereocenters. The molecule has 0 bridgehead atoms. The molecule has 42 heavy (non-hydrogen) atoms. The maximum Gasteiger partial charge on any atom is 0.410 e. The smallest absolute Gasteiger partial charge is 0.410 e. The fraction of sp³-hybridized carbons (Fsp3) is 0.290. The second-order valence-electron chi connectivity index (χ2n) is 10.2. The van der Waals surface area contributed by atoms with E-state index in [1.807, 2.05) is 66.3 Å². The van der Waals surface area contributed by atoms with Crippen LogP contribution in [0.3, 0.4) is 0 Å². The van der Waals surface area contributed by atoms with Crippen LogP contribution in [-0.4, -0.2) is 55.8 Å². The minimum Gasteiger partial charge on any atom is -0.445 e. The number of hydrogen-bond donors (Lipinski definition) is 2. The van der Waals surface area contributed by atoms with E-state index in [2.05, 4.69) is 20.7 Å². The first-order chi connectivity index (χ1) is 20.4. The first-order valence-corrected chi connectivity index (χ1v) is 13.8. The number of likely N-dealkylation sites (tertiary alicyclic amines) is 1. The molecule has 2 aromatic heterocycles. The maximum absolute atomic E-state index is 12.5. The summed E-state index contributed by atoms with van der Waals surface area (Å²) >= 11 is 0. The number of ether oxygens (including phenoxy) is 1. The minimum absolute atomic E-state index is 0.167. The molecule has 1 aliphatic heterocycles. The summed E-state index contributed by atoms with van der Waals surface area (Å²) in [6.45, 7) is 5.02. The lowest BCUT2D eigenvalue weighted by molar-refractivity contribution is 0.0821. The van der Waals surface area contributed by atoms with E-state index in [0.717, 1.165) is 40.9 Å². The van der Waals surface area contributed by atoms with E-state index in [4.69, 9.17) is 15.0 Å². The zero-order valence-corrected chi connectivity index (χ0v) is 23.5. The molecule has 1 fully saturated rings. The van der Waals surface area contributed by atoms with Crippen molar-refractivity contribution in [3.05, 3.63) is 89.9 Å². The first kappa shape index (κ1) is 28.3. The summed E-state index contributed by atoms with van der Waals surface area (Å²) in [4.78, 5) is 35.7. The largest absolute Gasteiger partial charge is 0.445 e. The van der Waals surface area contributed by atoms with Crippen molar-refractivity contribution in [2.75, 3.05) is 18.4 Å². The lowest BCUT2D eigenvalue weighted by Gasteiger charge is -2.31. The second-order valence-corrected chi connectivity index (χ2v) is 10.2. The van der Waals surface area contributed by atoms with Crippen LogP contribution in [0.5, 0.6) is 0 Å². The number of rotatable bonds is 8. The third-order valence-corrected chi connectivity index (χ3v) is 7.09. The summed E-state index contributed by atoms with van der Waals surface area (Å²) in [6.07, 6.45) is 6.66. The Hall–Kier alpha value is -5.24. The summed E-state index contributed by atoms with van der Waals surface area (Å²) in [5.41, 5.74) is 4.66. The number of anilines is 2. The number of carbonyl (C=O) groups excluding carboxylic acids is 2. The van der Waals surface area contributed by atoms with E-state index in [-0.39, 0.29) is 24.6 Å². The van der Waals surface area contributed by atoms with Crippen molar-refractivity contribution >= 4 is 23.6 Å². The van der Waals surface area contributed by atoms with Crippen LogP contribution in [0.2, 0.25) is 0 Å². The van der Waals surface area contributed by atoms with E-state index in [1.54, 1.807) is 36.4 Å². The summed E-state index contributed by atoms with van der Waals surface area (Å²) in [5.74, 6) is 0.124. The molecular weight excluding hydrogens is 532 g/mol. The number of nitrogens with zero attached hydrogens (tertiary/aromatic N) is 6. The Labute approximate surface area is 244 Å². The molecular formula is C31H32N8O3. The highest BCUT2D eigenvalue weighted by atomic mass is 16.6. The predicted molar refractivity (Wildman–Crippen MR) is 157 cm³/mol. The van der Waals surface area contributed by atoms with Crippen molar-refractivity contribution in [3.63, 3.8) is 0 Å². The van der Waals surface area contributed by atoms with Crippen LogP contribution in [0.25, 0.3) is 11.3 Å². The number of aryl methyl sites for hydroxylation is 1. The van der Waals surface area contributed by atoms with Crippen molar-refractivity contribution in [1.82, 2.24) is 30.0 Å². The standard InChI is InChI=1S/C31H32N8O3/c1-21-17-33-30(37-28(21)24-8-10-25(11-9-24)29(40)35-22(2)16-32)36-26-18-34-39(19-26)27-12-14-38(15-13-27)31(41)42-20-23-6-4-3-5-7-23/h3-11,17-19,22,27H,12-15,20H2,1-2H3,(H,35,40)(H,33,36,37). The number of carbonyl (C=O) groups is 2. The molecule has 2 aromatic carbocycles. The van der Waals surface area contributed by atoms with E-state index in [0.29, 0.717) is 24.6 Å². The van der Waals surface area contributed by atoms with Gasteiger partial charge in [-0.2, -0.15) is 10.4 Å². The average molecular weight is 565 g/mol. The van der Waals surface area contributed by atoms with Crippen molar-refractivity contribution in [3.8, 4) is 17.3 Å². The lowest BCUT2D eigenvalue weighted by Crippen LogP contribution is -2.39. The normalized spacial score (nSPS) is 14.1. The van der Waals surface area contributed by atoms with Gasteiger partial charge in [-0.1, -0.05) is 42.5 Å². The van der Waals surface area contributed by atoms with Crippen LogP contribution in [0.15, 0.2) is 73.2 Å². The monoisotopic (exact) mass is 564 g/mol. The third-order valence-electron chi connectivity index (χ3n) is 7.09. The van der Waals surface area contributed by atoms with Crippen molar-refractivity contribution in [2.24, 2.45) is 0 Å². The Morgan fingerprint density at radius 1 is 1.10 bits per heavy atom. The van der Waals surface area contributed by atoms with Gasteiger partial charge in [-0.05, 0) is 49.9 Å². The Kier molecular flexibility index (Phi) is 8.72. The molecule has 5 rings (SSSR count). The highest BCUT2D eigenvalue weighted by molar-refractivity contribution is 5.95. The van der Waals surface area contributed by atoms with Gasteiger partial charge < -0.3 is 20.3 Å². The number of nitrogens with one attached hydrogen (secondary N) is 2. The van der Waals surface area contributed by atoms with Gasteiger partial charge in [0.25, 0.3) is 5.91 Å². The molecule has 3 heterocycles. The van der Waals surface area contributed by atoms with Crippen LogP contribution in [0.4, 0.5) is 16.4 Å². The molecule has 0 aliphatic carbocycles. The molecule has 214 valence electrons. The molecule has 2 amide bonds. The zero-order valence-electron chi connectivity index (χ0n) is 23.5. The quantitative estimate of drug-likeness (QED) is 0.305. The molecule has 4 aromatic rings. The summed E-state index contributed by atoms with van der Waals surface area (Å²) < 4.78 is 7.39. The van der Waals surface area contributed by atoms with Crippen LogP contribution < -0.4 is 10.6 Å². The number of nitriles is 1. The fourth-order valence-corrected chi connectivity index (χ4v) is 4.74. The zero-order chi connectivity index (χ0) is 29.5. The van der Waals surface area contributed by atoms with Gasteiger partial charge in [0, 0.05) is 36.6 Å². The van der Waals surface area contributed by atoms with Gasteiger partial charge in [0.15, 0.2) is 0 Å². The fourth-order valence-electron chi connectivity index (χ4n) is 4.74. The average Bonchev–Trinajstić information content (AvgIpc) is 3.49. The van der Waals surface area contributed by atoms with Crippen LogP contribution >= 0.6 is 0 Å². The van der Waals surface area contributed by atoms with Crippen molar-refractivity contribution in [1.29, 1.82) is 5.26 Å². The van der Waals surface area contributed by atoms with Gasteiger partial charge in [0.05, 0.1) is 29.7 Å². The third kappa shape index (κ3) is 6.90. The predicted octanol–water partition coefficient (Wildman–Crippen LogP) is 5.01. The Morgan fingerprint density at radius 2 is 1.83 bits per heavy atom. The molecule has 1 aliphatic rings. The summed E-state index contributed by atoms with van der Waals surface area (Å²) in [5, 5.41) is 19.3. The summed E-state index contributed by atoms with van der Waals surface area (Å²) in [6, 6.07) is 18.3. The van der Waals surface area contributed by atoms with Crippen molar-refractivity contribution < 1.29 is 14.3 Å². The molecule has 0 saturated carbocycles. The maximum atomic E-state index is 12.5. The Balaban J connectivity index is 1.17. The summed E-state index contributed by atoms with van der Waals surface area (Å²) in [7, 11) is 0. The molecule has 0 radical (unpaired) electrons. The van der Waals surface area contributed by atoms with Crippen LogP contribution in [0, 0.1) is 18.3 Å². The molecule has 11 nitrogen and oxygen atoms in total. The van der Waals surface area contributed by atoms with Crippen LogP contribution in [-0.2, 0) is 11.3 Å². The number of piperidine rings is 1. The van der Waals surface area contributed by atoms with Gasteiger partial charge in [0.2, 0.25) is 5.95 Å². The topological polar surface area (TPSA) is 138 Å². The van der Waals surface area contributed by atoms with Gasteiger partial charge in [-0.25, -0.2) is 14.8 Å². The number of benzene rings is 2. The highest BCUT2D eigenvalue weighted by Crippen LogP contribution is 2.26. The minimum atomic E-state index is -0.568. The SMILES string of the molecule is Cc1cnc(Nc2cnn(C3CCN(C(=O)OCc4ccccc4)CC3)c2)nc1-c1ccc(C(=O)NC(C)C#N)cc1. The van der Waals surface area contributed by atoms with Crippen molar-refractivity contribution in [2.45, 2.75) is 45.4 Å². The molecule has 1 saturated heterocycles. The van der Waals surface area contributed by atoms with Gasteiger partial charge in [0.1, 0.15) is 12.6 Å². The number of hydrogen-bond acceptors (Lipinski definition) is 8. The molecule has 1 atom stereocenters. The Morgan fingerprint density at radius 3 is 2.55 bits per heavy atom. The molecule has 2 N–H and O–H groups in total. The van der Waals surface area contributed by atoms with Gasteiger partial charge in [-0.15, -0.1) is 0 Å². The van der Waals surface area contributed by atoms with E-state index in [1.165, 1.54) is 0 Å². The van der Waals surface area contributed by atoms with E-state index >= 15 is 0 Å².